The second-order valence-electron chi connectivity index (χ2n) is 13.2. The molecule has 4 atom stereocenters. The number of carboxylic acid groups (broad SMARTS) is 1. The molecule has 3 aliphatic rings. The van der Waals surface area contributed by atoms with Gasteiger partial charge in [0.2, 0.25) is 18.6 Å². The molecular weight excluding hydrogens is 770 g/mol. The minimum Gasteiger partial charge on any atom is -0.477 e. The highest BCUT2D eigenvalue weighted by molar-refractivity contribution is 6.34. The van der Waals surface area contributed by atoms with Gasteiger partial charge >= 0.3 is 18.1 Å². The number of amides is 3. The largest absolute Gasteiger partial charge is 0.490 e. The lowest BCUT2D eigenvalue weighted by atomic mass is 10.1. The first-order valence-corrected chi connectivity index (χ1v) is 16.8. The number of carbonyl (C=O) groups is 5. The fourth-order valence-electron chi connectivity index (χ4n) is 7.05. The average molecular weight is 804 g/mol. The van der Waals surface area contributed by atoms with Gasteiger partial charge < -0.3 is 38.7 Å². The number of piperazine rings is 1. The number of hydrogen-bond acceptors (Lipinski definition) is 8. The Morgan fingerprint density at radius 1 is 1.04 bits per heavy atom. The summed E-state index contributed by atoms with van der Waals surface area (Å²) in [6, 6.07) is 6.68. The molecule has 1 unspecified atom stereocenters. The molecule has 1 aliphatic carbocycles. The number of methoxy groups -OCH3 is 1. The molecule has 3 heterocycles. The van der Waals surface area contributed by atoms with Crippen LogP contribution in [0.15, 0.2) is 36.5 Å². The molecule has 3 amide bonds. The zero-order chi connectivity index (χ0) is 40.6. The number of carboxylic acids is 1. The van der Waals surface area contributed by atoms with E-state index in [0.29, 0.717) is 44.3 Å². The van der Waals surface area contributed by atoms with Crippen LogP contribution in [0.3, 0.4) is 0 Å². The van der Waals surface area contributed by atoms with Crippen LogP contribution in [-0.4, -0.2) is 131 Å². The topological polar surface area (TPSA) is 160 Å². The van der Waals surface area contributed by atoms with Gasteiger partial charge in [-0.15, -0.1) is 0 Å². The molecule has 0 bridgehead atoms. The summed E-state index contributed by atoms with van der Waals surface area (Å²) < 4.78 is 83.7. The Morgan fingerprint density at radius 2 is 1.69 bits per heavy atom. The highest BCUT2D eigenvalue weighted by Crippen LogP contribution is 2.57. The number of quaternary nitrogens is 1. The fourth-order valence-corrected chi connectivity index (χ4v) is 7.31. The number of esters is 1. The summed E-state index contributed by atoms with van der Waals surface area (Å²) in [7, 11) is 3.98. The smallest absolute Gasteiger partial charge is 0.477 e. The van der Waals surface area contributed by atoms with Crippen LogP contribution in [0, 0.1) is 23.5 Å². The van der Waals surface area contributed by atoms with E-state index in [1.54, 1.807) is 9.80 Å². The number of imidazole rings is 1. The Balaban J connectivity index is 0.000000654. The maximum atomic E-state index is 14.7. The van der Waals surface area contributed by atoms with Crippen molar-refractivity contribution in [1.29, 1.82) is 0 Å². The van der Waals surface area contributed by atoms with Gasteiger partial charge in [0.05, 0.1) is 49.1 Å². The van der Waals surface area contributed by atoms with E-state index >= 15 is 0 Å². The Bertz CT molecular complexity index is 2020. The van der Waals surface area contributed by atoms with Crippen LogP contribution in [0.25, 0.3) is 11.3 Å². The van der Waals surface area contributed by atoms with Crippen molar-refractivity contribution >= 4 is 46.9 Å². The zero-order valence-electron chi connectivity index (χ0n) is 29.3. The summed E-state index contributed by atoms with van der Waals surface area (Å²) in [5.41, 5.74) is 0.341. The molecule has 0 radical (unpaired) electrons. The predicted molar refractivity (Wildman–Crippen MR) is 179 cm³/mol. The summed E-state index contributed by atoms with van der Waals surface area (Å²) in [6.07, 6.45) is -3.66. The van der Waals surface area contributed by atoms with Crippen molar-refractivity contribution in [3.63, 3.8) is 0 Å². The second kappa shape index (κ2) is 15.8. The first-order valence-electron chi connectivity index (χ1n) is 16.4. The van der Waals surface area contributed by atoms with Gasteiger partial charge in [-0.2, -0.15) is 17.6 Å². The van der Waals surface area contributed by atoms with Gasteiger partial charge in [-0.25, -0.2) is 23.4 Å². The number of fused-ring (bicyclic) bond motifs is 1. The fraction of sp³-hybridized carbons (Fsp3) is 0.412. The molecule has 21 heteroatoms. The SMILES string of the molecule is COC(=O)C(F)(F)F.Cn1c(-c2ccc(OCF)c(F)c2F)cnc1C(=O)Nc1ccc(C(=O)N2CCN(C(=O)[C@@H]3[C@H]4C[N+](C)(CC(=O)O)[C@H]43)CC2)c(Cl)c1. The van der Waals surface area contributed by atoms with E-state index in [4.69, 9.17) is 11.6 Å². The quantitative estimate of drug-likeness (QED) is 0.187. The normalized spacial score (nSPS) is 21.3. The molecule has 2 N–H and O–H groups in total. The van der Waals surface area contributed by atoms with Crippen LogP contribution in [0.4, 0.5) is 32.0 Å². The molecule has 1 aromatic heterocycles. The Hall–Kier alpha value is -5.37. The average Bonchev–Trinajstić information content (AvgIpc) is 3.62. The monoisotopic (exact) mass is 803 g/mol. The van der Waals surface area contributed by atoms with Gasteiger partial charge in [-0.05, 0) is 30.3 Å². The number of benzene rings is 2. The third kappa shape index (κ3) is 8.34. The second-order valence-corrected chi connectivity index (χ2v) is 13.6. The Kier molecular flexibility index (Phi) is 11.7. The molecule has 1 saturated carbocycles. The molecule has 3 aromatic rings. The lowest BCUT2D eigenvalue weighted by Crippen LogP contribution is -2.58. The van der Waals surface area contributed by atoms with Gasteiger partial charge in [-0.3, -0.25) is 14.4 Å². The van der Waals surface area contributed by atoms with E-state index < -0.39 is 48.3 Å². The number of nitrogens with one attached hydrogen (secondary N) is 1. The summed E-state index contributed by atoms with van der Waals surface area (Å²) in [6.45, 7) is 0.669. The van der Waals surface area contributed by atoms with Crippen LogP contribution >= 0.6 is 11.6 Å². The number of alkyl halides is 4. The highest BCUT2D eigenvalue weighted by Gasteiger charge is 2.76. The molecule has 14 nitrogen and oxygen atoms in total. The minimum atomic E-state index is -4.85. The molecular formula is C34H34ClF6N6O8+. The van der Waals surface area contributed by atoms with Gasteiger partial charge in [0.25, 0.3) is 11.8 Å². The lowest BCUT2D eigenvalue weighted by Gasteiger charge is -2.40. The van der Waals surface area contributed by atoms with Crippen LogP contribution in [0.5, 0.6) is 5.75 Å². The first-order chi connectivity index (χ1) is 25.8. The van der Waals surface area contributed by atoms with Crippen LogP contribution in [-0.2, 0) is 26.2 Å². The van der Waals surface area contributed by atoms with Crippen molar-refractivity contribution in [3.05, 3.63) is 64.6 Å². The number of aliphatic carboxylic acids is 1. The number of nitrogens with zero attached hydrogens (tertiary/aromatic N) is 5. The van der Waals surface area contributed by atoms with E-state index in [0.717, 1.165) is 6.07 Å². The first kappa shape index (κ1) is 40.8. The van der Waals surface area contributed by atoms with Gasteiger partial charge in [0.1, 0.15) is 12.0 Å². The Morgan fingerprint density at radius 3 is 2.25 bits per heavy atom. The van der Waals surface area contributed by atoms with Crippen molar-refractivity contribution in [1.82, 2.24) is 19.4 Å². The van der Waals surface area contributed by atoms with Gasteiger partial charge in [0.15, 0.2) is 23.9 Å². The number of hydrogen-bond donors (Lipinski definition) is 2. The van der Waals surface area contributed by atoms with Crippen LogP contribution < -0.4 is 10.1 Å². The summed E-state index contributed by atoms with van der Waals surface area (Å²) in [5.74, 6) is -7.38. The van der Waals surface area contributed by atoms with Crippen molar-refractivity contribution in [3.8, 4) is 17.0 Å². The van der Waals surface area contributed by atoms with Crippen molar-refractivity contribution in [2.45, 2.75) is 12.2 Å². The summed E-state index contributed by atoms with van der Waals surface area (Å²) in [5, 5.41) is 11.9. The molecule has 296 valence electrons. The van der Waals surface area contributed by atoms with E-state index in [2.05, 4.69) is 19.8 Å². The number of likely N-dealkylation sites (tertiary alicyclic amines) is 1. The van der Waals surface area contributed by atoms with E-state index in [1.807, 2.05) is 7.05 Å². The van der Waals surface area contributed by atoms with E-state index in [-0.39, 0.29) is 69.6 Å². The molecule has 2 aromatic carbocycles. The number of ether oxygens (including phenoxy) is 2. The van der Waals surface area contributed by atoms with Crippen LogP contribution in [0.2, 0.25) is 5.02 Å². The number of aromatic nitrogens is 2. The summed E-state index contributed by atoms with van der Waals surface area (Å²) >= 11 is 6.45. The molecule has 2 saturated heterocycles. The Labute approximate surface area is 313 Å². The standard InChI is InChI=1S/C31H30ClF3N6O6.C3H3F3O2/c1-38-21(18-5-6-22(47-15-33)26(35)25(18)34)12-36-28(38)29(44)37-16-3-4-17(20(32)11-16)30(45)39-7-9-40(10-8-39)31(46)24-19-13-41(2,27(19)24)14-23(42)43;1-8-2(7)3(4,5)6/h3-6,11-12,19,24,27H,7-10,13-15H2,1-2H3,(H-,37,42,43,44,45);1H3/p+1/t19-,24-,27-,41?;/m1./s1. The zero-order valence-corrected chi connectivity index (χ0v) is 30.1. The van der Waals surface area contributed by atoms with E-state index in [1.165, 1.54) is 42.1 Å². The highest BCUT2D eigenvalue weighted by atomic mass is 35.5. The van der Waals surface area contributed by atoms with Crippen molar-refractivity contribution < 1.29 is 69.4 Å². The predicted octanol–water partition coefficient (Wildman–Crippen LogP) is 3.74. The third-order valence-electron chi connectivity index (χ3n) is 9.73. The molecule has 0 spiro atoms. The third-order valence-corrected chi connectivity index (χ3v) is 10.0. The maximum Gasteiger partial charge on any atom is 0.490 e. The molecule has 3 fully saturated rings. The molecule has 2 aliphatic heterocycles. The van der Waals surface area contributed by atoms with E-state index in [9.17, 15) is 55.4 Å². The number of anilines is 1. The van der Waals surface area contributed by atoms with Crippen molar-refractivity contribution in [2.24, 2.45) is 18.9 Å². The summed E-state index contributed by atoms with van der Waals surface area (Å²) in [4.78, 5) is 67.5. The number of halogens is 7. The minimum absolute atomic E-state index is 0.000367. The van der Waals surface area contributed by atoms with Crippen LogP contribution in [0.1, 0.15) is 21.0 Å². The van der Waals surface area contributed by atoms with Gasteiger partial charge in [0, 0.05) is 44.5 Å². The lowest BCUT2D eigenvalue weighted by molar-refractivity contribution is -0.947. The number of likely N-dealkylation sites (N-methyl/N-ethyl adjacent to an activating group) is 1. The number of carbonyl (C=O) groups excluding carboxylic acids is 4. The maximum absolute atomic E-state index is 14.7. The molecule has 55 heavy (non-hydrogen) atoms. The molecule has 6 rings (SSSR count). The van der Waals surface area contributed by atoms with Crippen molar-refractivity contribution in [2.75, 3.05) is 65.6 Å². The number of rotatable bonds is 9. The van der Waals surface area contributed by atoms with Gasteiger partial charge in [-0.1, -0.05) is 11.6 Å².